The van der Waals surface area contributed by atoms with Crippen molar-refractivity contribution >= 4 is 11.9 Å². The number of nitrogens with zero attached hydrogens (tertiary/aromatic N) is 1. The number of nitrogens with one attached hydrogen (secondary N) is 2. The second kappa shape index (κ2) is 8.43. The predicted octanol–water partition coefficient (Wildman–Crippen LogP) is 3.39. The number of aromatic nitrogens is 2. The molecule has 6 nitrogen and oxygen atoms in total. The number of esters is 1. The molecule has 0 radical (unpaired) electrons. The molecule has 0 aliphatic heterocycles. The van der Waals surface area contributed by atoms with Crippen LogP contribution in [0.2, 0.25) is 0 Å². The van der Waals surface area contributed by atoms with Crippen molar-refractivity contribution in [2.45, 2.75) is 13.0 Å². The van der Waals surface area contributed by atoms with Crippen LogP contribution in [0, 0.1) is 11.6 Å². The minimum Gasteiger partial charge on any atom is -0.451 e. The van der Waals surface area contributed by atoms with Gasteiger partial charge < -0.3 is 10.1 Å². The minimum atomic E-state index is -0.768. The van der Waals surface area contributed by atoms with E-state index in [1.807, 2.05) is 30.3 Å². The third-order valence-electron chi connectivity index (χ3n) is 4.01. The van der Waals surface area contributed by atoms with Crippen LogP contribution >= 0.6 is 0 Å². The maximum atomic E-state index is 13.7. The molecule has 1 aromatic heterocycles. The molecule has 0 fully saturated rings. The smallest absolute Gasteiger partial charge is 0.356 e. The number of rotatable bonds is 6. The number of hydrogen-bond acceptors (Lipinski definition) is 4. The van der Waals surface area contributed by atoms with Gasteiger partial charge in [-0.05, 0) is 19.1 Å². The van der Waals surface area contributed by atoms with Crippen LogP contribution < -0.4 is 5.32 Å². The predicted molar refractivity (Wildman–Crippen MR) is 97.2 cm³/mol. The number of hydrogen-bond donors (Lipinski definition) is 2. The fourth-order valence-electron chi connectivity index (χ4n) is 2.61. The molecule has 1 amide bonds. The zero-order valence-corrected chi connectivity index (χ0v) is 14.9. The summed E-state index contributed by atoms with van der Waals surface area (Å²) in [5, 5.41) is 9.10. The van der Waals surface area contributed by atoms with E-state index in [0.29, 0.717) is 5.69 Å². The number of ether oxygens (including phenoxy) is 1. The average molecular weight is 385 g/mol. The summed E-state index contributed by atoms with van der Waals surface area (Å²) in [6.45, 7) is 0.989. The third-order valence-corrected chi connectivity index (χ3v) is 4.01. The number of halogens is 2. The maximum absolute atomic E-state index is 13.7. The Kier molecular flexibility index (Phi) is 5.78. The Morgan fingerprint density at radius 2 is 1.89 bits per heavy atom. The normalized spacial score (nSPS) is 11.7. The van der Waals surface area contributed by atoms with Gasteiger partial charge >= 0.3 is 5.97 Å². The van der Waals surface area contributed by atoms with Gasteiger partial charge in [0.25, 0.3) is 5.91 Å². The maximum Gasteiger partial charge on any atom is 0.356 e. The standard InChI is InChI=1S/C20H17F2N3O3/c1-12(15-8-7-14(21)9-16(15)22)23-19(26)11-28-20(27)18-10-17(24-25-18)13-5-3-2-4-6-13/h2-10,12H,11H2,1H3,(H,23,26)(H,24,25)/t12-/m0/s1. The van der Waals surface area contributed by atoms with Crippen LogP contribution in [0.15, 0.2) is 54.6 Å². The highest BCUT2D eigenvalue weighted by Gasteiger charge is 2.17. The molecule has 28 heavy (non-hydrogen) atoms. The van der Waals surface area contributed by atoms with E-state index in [9.17, 15) is 18.4 Å². The topological polar surface area (TPSA) is 84.1 Å². The van der Waals surface area contributed by atoms with Crippen LogP contribution in [0.3, 0.4) is 0 Å². The molecule has 3 aromatic rings. The Balaban J connectivity index is 1.54. The summed E-state index contributed by atoms with van der Waals surface area (Å²) in [5.41, 5.74) is 1.62. The van der Waals surface area contributed by atoms with Gasteiger partial charge in [0, 0.05) is 17.2 Å². The zero-order valence-electron chi connectivity index (χ0n) is 14.9. The Hall–Kier alpha value is -3.55. The van der Waals surface area contributed by atoms with Crippen LogP contribution in [-0.4, -0.2) is 28.7 Å². The van der Waals surface area contributed by atoms with Crippen LogP contribution in [0.25, 0.3) is 11.3 Å². The molecule has 0 bridgehead atoms. The van der Waals surface area contributed by atoms with E-state index in [1.165, 1.54) is 19.1 Å². The van der Waals surface area contributed by atoms with Crippen molar-refractivity contribution in [3.8, 4) is 11.3 Å². The third kappa shape index (κ3) is 4.59. The van der Waals surface area contributed by atoms with Gasteiger partial charge in [0.05, 0.1) is 11.7 Å². The Bertz CT molecular complexity index is 989. The van der Waals surface area contributed by atoms with Crippen molar-refractivity contribution in [1.29, 1.82) is 0 Å². The second-order valence-electron chi connectivity index (χ2n) is 6.06. The summed E-state index contributed by atoms with van der Waals surface area (Å²) in [4.78, 5) is 24.0. The summed E-state index contributed by atoms with van der Waals surface area (Å²) in [5.74, 6) is -2.84. The fourth-order valence-corrected chi connectivity index (χ4v) is 2.61. The molecule has 0 aliphatic rings. The number of carbonyl (C=O) groups excluding carboxylic acids is 2. The lowest BCUT2D eigenvalue weighted by Crippen LogP contribution is -2.31. The molecule has 0 spiro atoms. The highest BCUT2D eigenvalue weighted by atomic mass is 19.1. The van der Waals surface area contributed by atoms with Crippen LogP contribution in [0.5, 0.6) is 0 Å². The molecule has 144 valence electrons. The summed E-state index contributed by atoms with van der Waals surface area (Å²) in [6, 6.07) is 13.1. The van der Waals surface area contributed by atoms with Crippen LogP contribution in [0.4, 0.5) is 8.78 Å². The van der Waals surface area contributed by atoms with Crippen LogP contribution in [-0.2, 0) is 9.53 Å². The quantitative estimate of drug-likeness (QED) is 0.637. The number of carbonyl (C=O) groups is 2. The summed E-state index contributed by atoms with van der Waals surface area (Å²) in [7, 11) is 0. The molecular formula is C20H17F2N3O3. The van der Waals surface area contributed by atoms with Crippen LogP contribution in [0.1, 0.15) is 29.0 Å². The Labute approximate surface area is 159 Å². The van der Waals surface area contributed by atoms with Crippen molar-refractivity contribution in [1.82, 2.24) is 15.5 Å². The first-order chi connectivity index (χ1) is 13.4. The highest BCUT2D eigenvalue weighted by Crippen LogP contribution is 2.18. The van der Waals surface area contributed by atoms with E-state index in [1.54, 1.807) is 0 Å². The van der Waals surface area contributed by atoms with E-state index < -0.39 is 36.2 Å². The van der Waals surface area contributed by atoms with Gasteiger partial charge in [0.2, 0.25) is 0 Å². The van der Waals surface area contributed by atoms with E-state index in [4.69, 9.17) is 4.74 Å². The number of benzene rings is 2. The first-order valence-corrected chi connectivity index (χ1v) is 8.46. The van der Waals surface area contributed by atoms with Gasteiger partial charge in [-0.15, -0.1) is 0 Å². The lowest BCUT2D eigenvalue weighted by molar-refractivity contribution is -0.124. The van der Waals surface area contributed by atoms with Gasteiger partial charge in [-0.2, -0.15) is 5.10 Å². The molecule has 1 atom stereocenters. The Morgan fingerprint density at radius 3 is 2.61 bits per heavy atom. The Morgan fingerprint density at radius 1 is 1.14 bits per heavy atom. The molecule has 0 saturated carbocycles. The SMILES string of the molecule is C[C@H](NC(=O)COC(=O)c1cc(-c2ccccc2)n[nH]1)c1ccc(F)cc1F. The molecule has 1 heterocycles. The summed E-state index contributed by atoms with van der Waals surface area (Å²) < 4.78 is 31.7. The van der Waals surface area contributed by atoms with Crippen molar-refractivity contribution < 1.29 is 23.1 Å². The van der Waals surface area contributed by atoms with Gasteiger partial charge in [0.1, 0.15) is 17.3 Å². The minimum absolute atomic E-state index is 0.101. The highest BCUT2D eigenvalue weighted by molar-refractivity contribution is 5.90. The number of amides is 1. The molecule has 2 aromatic carbocycles. The van der Waals surface area contributed by atoms with Gasteiger partial charge in [-0.25, -0.2) is 13.6 Å². The summed E-state index contributed by atoms with van der Waals surface area (Å²) >= 11 is 0. The van der Waals surface area contributed by atoms with Gasteiger partial charge in [0.15, 0.2) is 6.61 Å². The molecule has 0 saturated heterocycles. The fraction of sp³-hybridized carbons (Fsp3) is 0.150. The van der Waals surface area contributed by atoms with Crippen molar-refractivity contribution in [2.75, 3.05) is 6.61 Å². The van der Waals surface area contributed by atoms with E-state index >= 15 is 0 Å². The largest absolute Gasteiger partial charge is 0.451 e. The monoisotopic (exact) mass is 385 g/mol. The molecule has 2 N–H and O–H groups in total. The van der Waals surface area contributed by atoms with E-state index in [2.05, 4.69) is 15.5 Å². The lowest BCUT2D eigenvalue weighted by atomic mass is 10.1. The first kappa shape index (κ1) is 19.2. The van der Waals surface area contributed by atoms with Crippen molar-refractivity contribution in [3.63, 3.8) is 0 Å². The molecule has 3 rings (SSSR count). The summed E-state index contributed by atoms with van der Waals surface area (Å²) in [6.07, 6.45) is 0. The second-order valence-corrected chi connectivity index (χ2v) is 6.06. The van der Waals surface area contributed by atoms with Gasteiger partial charge in [-0.1, -0.05) is 36.4 Å². The average Bonchev–Trinajstić information content (AvgIpc) is 3.17. The molecule has 0 unspecified atom stereocenters. The number of aromatic amines is 1. The lowest BCUT2D eigenvalue weighted by Gasteiger charge is -2.15. The first-order valence-electron chi connectivity index (χ1n) is 8.46. The van der Waals surface area contributed by atoms with Gasteiger partial charge in [-0.3, -0.25) is 9.89 Å². The van der Waals surface area contributed by atoms with E-state index in [-0.39, 0.29) is 11.3 Å². The van der Waals surface area contributed by atoms with Crippen molar-refractivity contribution in [2.24, 2.45) is 0 Å². The van der Waals surface area contributed by atoms with E-state index in [0.717, 1.165) is 17.7 Å². The number of H-pyrrole nitrogens is 1. The molecular weight excluding hydrogens is 368 g/mol. The molecule has 0 aliphatic carbocycles. The van der Waals surface area contributed by atoms with Crippen molar-refractivity contribution in [3.05, 3.63) is 77.5 Å². The molecule has 8 heteroatoms. The zero-order chi connectivity index (χ0) is 20.1.